The van der Waals surface area contributed by atoms with Crippen LogP contribution in [0.1, 0.15) is 41.5 Å². The van der Waals surface area contributed by atoms with Crippen molar-refractivity contribution in [3.05, 3.63) is 138 Å². The molecule has 42 heavy (non-hydrogen) atoms. The smallest absolute Gasteiger partial charge is 0.223 e. The predicted molar refractivity (Wildman–Crippen MR) is 170 cm³/mol. The zero-order valence-electron chi connectivity index (χ0n) is 24.4. The summed E-state index contributed by atoms with van der Waals surface area (Å²) in [4.78, 5) is 18.3. The van der Waals surface area contributed by atoms with Crippen molar-refractivity contribution in [2.45, 2.75) is 32.4 Å². The molecule has 4 aromatic carbocycles. The average molecular weight is 558 g/mol. The molecule has 5 heteroatoms. The van der Waals surface area contributed by atoms with Crippen molar-refractivity contribution in [3.63, 3.8) is 0 Å². The largest absolute Gasteiger partial charge is 0.489 e. The second-order valence-electron chi connectivity index (χ2n) is 11.1. The lowest BCUT2D eigenvalue weighted by molar-refractivity contribution is -0.133. The van der Waals surface area contributed by atoms with Crippen LogP contribution in [0.15, 0.2) is 115 Å². The molecular formula is C37H39N3O2. The fourth-order valence-corrected chi connectivity index (χ4v) is 6.05. The number of ether oxygens (including phenoxy) is 1. The highest BCUT2D eigenvalue weighted by atomic mass is 16.5. The Morgan fingerprint density at radius 2 is 1.48 bits per heavy atom. The number of rotatable bonds is 10. The minimum Gasteiger partial charge on any atom is -0.489 e. The second-order valence-corrected chi connectivity index (χ2v) is 11.1. The number of benzene rings is 4. The van der Waals surface area contributed by atoms with Crippen molar-refractivity contribution in [2.24, 2.45) is 0 Å². The molecule has 6 rings (SSSR count). The number of hydrogen-bond donors (Lipinski definition) is 0. The molecule has 1 fully saturated rings. The van der Waals surface area contributed by atoms with E-state index in [2.05, 4.69) is 112 Å². The monoisotopic (exact) mass is 557 g/mol. The number of piperazine rings is 1. The van der Waals surface area contributed by atoms with Crippen LogP contribution in [0.25, 0.3) is 10.9 Å². The van der Waals surface area contributed by atoms with E-state index in [1.54, 1.807) is 0 Å². The van der Waals surface area contributed by atoms with Gasteiger partial charge >= 0.3 is 0 Å². The van der Waals surface area contributed by atoms with Gasteiger partial charge in [0.25, 0.3) is 0 Å². The van der Waals surface area contributed by atoms with Gasteiger partial charge in [0.1, 0.15) is 12.4 Å². The predicted octanol–water partition coefficient (Wildman–Crippen LogP) is 6.95. The summed E-state index contributed by atoms with van der Waals surface area (Å²) < 4.78 is 8.56. The third kappa shape index (κ3) is 6.42. The van der Waals surface area contributed by atoms with Crippen molar-refractivity contribution in [2.75, 3.05) is 32.7 Å². The first-order valence-corrected chi connectivity index (χ1v) is 15.1. The summed E-state index contributed by atoms with van der Waals surface area (Å²) in [6.07, 6.45) is 2.69. The third-order valence-corrected chi connectivity index (χ3v) is 8.45. The Hall–Kier alpha value is -4.35. The number of aromatic nitrogens is 1. The number of amides is 1. The molecule has 5 nitrogen and oxygen atoms in total. The normalized spacial score (nSPS) is 14.6. The molecule has 5 aromatic rings. The summed E-state index contributed by atoms with van der Waals surface area (Å²) in [7, 11) is 0. The Morgan fingerprint density at radius 3 is 2.21 bits per heavy atom. The minimum atomic E-state index is -0.0936. The van der Waals surface area contributed by atoms with E-state index >= 15 is 0 Å². The highest BCUT2D eigenvalue weighted by molar-refractivity contribution is 5.87. The van der Waals surface area contributed by atoms with Crippen molar-refractivity contribution >= 4 is 16.8 Å². The standard InChI is InChI=1S/C37H39N3O2/c1-2-38-20-22-39(23-21-38)37(41)25-34(31-16-11-17-32(24-31)42-28-30-14-7-4-8-15-30)35-27-40(26-29-12-5-3-6-13-29)36-19-10-9-18-33(35)36/h3-19,24,27,34H,2,20-23,25-26,28H2,1H3. The van der Waals surface area contributed by atoms with Gasteiger partial charge in [-0.05, 0) is 47.0 Å². The van der Waals surface area contributed by atoms with Crippen LogP contribution in [0, 0.1) is 0 Å². The Labute approximate surface area is 249 Å². The summed E-state index contributed by atoms with van der Waals surface area (Å²) in [5.74, 6) is 0.938. The highest BCUT2D eigenvalue weighted by Crippen LogP contribution is 2.37. The molecule has 0 radical (unpaired) electrons. The van der Waals surface area contributed by atoms with Gasteiger partial charge in [0, 0.05) is 62.2 Å². The first kappa shape index (κ1) is 27.8. The van der Waals surface area contributed by atoms with E-state index in [-0.39, 0.29) is 11.8 Å². The van der Waals surface area contributed by atoms with Gasteiger partial charge in [-0.1, -0.05) is 97.9 Å². The van der Waals surface area contributed by atoms with E-state index in [1.807, 2.05) is 24.3 Å². The Kier molecular flexibility index (Phi) is 8.67. The van der Waals surface area contributed by atoms with Crippen molar-refractivity contribution < 1.29 is 9.53 Å². The van der Waals surface area contributed by atoms with Crippen LogP contribution in [0.5, 0.6) is 5.75 Å². The van der Waals surface area contributed by atoms with Crippen LogP contribution < -0.4 is 4.74 Å². The Morgan fingerprint density at radius 1 is 0.786 bits per heavy atom. The van der Waals surface area contributed by atoms with Gasteiger partial charge in [-0.2, -0.15) is 0 Å². The molecule has 0 spiro atoms. The van der Waals surface area contributed by atoms with Gasteiger partial charge in [0.05, 0.1) is 0 Å². The molecule has 1 aromatic heterocycles. The van der Waals surface area contributed by atoms with Crippen LogP contribution in [0.3, 0.4) is 0 Å². The van der Waals surface area contributed by atoms with Crippen LogP contribution in [0.4, 0.5) is 0 Å². The van der Waals surface area contributed by atoms with Gasteiger partial charge in [0.2, 0.25) is 5.91 Å². The lowest BCUT2D eigenvalue weighted by Crippen LogP contribution is -2.48. The molecule has 1 saturated heterocycles. The molecule has 0 bridgehead atoms. The van der Waals surface area contributed by atoms with E-state index in [1.165, 1.54) is 22.0 Å². The van der Waals surface area contributed by atoms with Gasteiger partial charge in [-0.25, -0.2) is 0 Å². The number of hydrogen-bond acceptors (Lipinski definition) is 3. The Bertz CT molecular complexity index is 1600. The number of carbonyl (C=O) groups excluding carboxylic acids is 1. The SMILES string of the molecule is CCN1CCN(C(=O)CC(c2cccc(OCc3ccccc3)c2)c2cn(Cc3ccccc3)c3ccccc23)CC1. The molecule has 214 valence electrons. The van der Waals surface area contributed by atoms with Gasteiger partial charge in [0.15, 0.2) is 0 Å². The zero-order valence-corrected chi connectivity index (χ0v) is 24.4. The summed E-state index contributed by atoms with van der Waals surface area (Å²) in [5.41, 5.74) is 5.85. The molecule has 1 amide bonds. The topological polar surface area (TPSA) is 37.7 Å². The number of para-hydroxylation sites is 1. The van der Waals surface area contributed by atoms with Crippen molar-refractivity contribution in [1.29, 1.82) is 0 Å². The molecule has 0 aliphatic carbocycles. The summed E-state index contributed by atoms with van der Waals surface area (Å²) >= 11 is 0. The fraction of sp³-hybridized carbons (Fsp3) is 0.270. The maximum absolute atomic E-state index is 13.8. The molecule has 1 aliphatic heterocycles. The van der Waals surface area contributed by atoms with E-state index in [0.717, 1.165) is 56.1 Å². The first-order valence-electron chi connectivity index (χ1n) is 15.1. The van der Waals surface area contributed by atoms with Crippen LogP contribution in [0.2, 0.25) is 0 Å². The van der Waals surface area contributed by atoms with E-state index in [0.29, 0.717) is 13.0 Å². The average Bonchev–Trinajstić information content (AvgIpc) is 3.41. The minimum absolute atomic E-state index is 0.0936. The van der Waals surface area contributed by atoms with Gasteiger partial charge < -0.3 is 19.1 Å². The maximum Gasteiger partial charge on any atom is 0.223 e. The van der Waals surface area contributed by atoms with Gasteiger partial charge in [-0.15, -0.1) is 0 Å². The Balaban J connectivity index is 1.34. The van der Waals surface area contributed by atoms with Crippen LogP contribution >= 0.6 is 0 Å². The van der Waals surface area contributed by atoms with E-state index in [9.17, 15) is 4.79 Å². The molecule has 1 atom stereocenters. The maximum atomic E-state index is 13.8. The van der Waals surface area contributed by atoms with Crippen LogP contribution in [-0.4, -0.2) is 53.0 Å². The summed E-state index contributed by atoms with van der Waals surface area (Å²) in [5, 5.41) is 1.19. The molecular weight excluding hydrogens is 518 g/mol. The van der Waals surface area contributed by atoms with Crippen molar-refractivity contribution in [3.8, 4) is 5.75 Å². The lowest BCUT2D eigenvalue weighted by atomic mass is 9.87. The lowest BCUT2D eigenvalue weighted by Gasteiger charge is -2.35. The molecule has 0 saturated carbocycles. The third-order valence-electron chi connectivity index (χ3n) is 8.45. The number of likely N-dealkylation sites (N-methyl/N-ethyl adjacent to an activating group) is 1. The first-order chi connectivity index (χ1) is 20.7. The fourth-order valence-electron chi connectivity index (χ4n) is 6.05. The van der Waals surface area contributed by atoms with E-state index < -0.39 is 0 Å². The number of carbonyl (C=O) groups is 1. The second kappa shape index (κ2) is 13.1. The summed E-state index contributed by atoms with van der Waals surface area (Å²) in [6.45, 7) is 7.95. The molecule has 0 N–H and O–H groups in total. The number of fused-ring (bicyclic) bond motifs is 1. The van der Waals surface area contributed by atoms with Crippen molar-refractivity contribution in [1.82, 2.24) is 14.4 Å². The highest BCUT2D eigenvalue weighted by Gasteiger charge is 2.27. The molecule has 2 heterocycles. The molecule has 1 aliphatic rings. The zero-order chi connectivity index (χ0) is 28.7. The number of nitrogens with zero attached hydrogens (tertiary/aromatic N) is 3. The van der Waals surface area contributed by atoms with Gasteiger partial charge in [-0.3, -0.25) is 4.79 Å². The quantitative estimate of drug-likeness (QED) is 0.186. The summed E-state index contributed by atoms with van der Waals surface area (Å²) in [6, 6.07) is 37.7. The van der Waals surface area contributed by atoms with Crippen LogP contribution in [-0.2, 0) is 17.9 Å². The molecule has 1 unspecified atom stereocenters. The van der Waals surface area contributed by atoms with E-state index in [4.69, 9.17) is 4.74 Å².